The molecular formula is C28H31ClN4O2. The van der Waals surface area contributed by atoms with Crippen molar-refractivity contribution in [1.82, 2.24) is 20.0 Å². The fourth-order valence-corrected chi connectivity index (χ4v) is 4.58. The van der Waals surface area contributed by atoms with Crippen molar-refractivity contribution in [2.24, 2.45) is 5.92 Å². The summed E-state index contributed by atoms with van der Waals surface area (Å²) in [6.45, 7) is 6.16. The maximum absolute atomic E-state index is 12.8. The van der Waals surface area contributed by atoms with Gasteiger partial charge in [-0.1, -0.05) is 71.8 Å². The number of nitrogens with one attached hydrogen (secondary N) is 1. The Labute approximate surface area is 211 Å². The summed E-state index contributed by atoms with van der Waals surface area (Å²) in [5.41, 5.74) is 4.93. The summed E-state index contributed by atoms with van der Waals surface area (Å²) in [5, 5.41) is 8.08. The maximum atomic E-state index is 12.8. The molecule has 1 aliphatic rings. The normalized spacial score (nSPS) is 14.4. The Bertz CT molecular complexity index is 1190. The van der Waals surface area contributed by atoms with Crippen LogP contribution in [0.2, 0.25) is 5.15 Å². The quantitative estimate of drug-likeness (QED) is 0.485. The predicted molar refractivity (Wildman–Crippen MR) is 139 cm³/mol. The van der Waals surface area contributed by atoms with Crippen LogP contribution in [0.1, 0.15) is 40.8 Å². The summed E-state index contributed by atoms with van der Waals surface area (Å²) in [5.74, 6) is -0.0850. The molecule has 0 bridgehead atoms. The van der Waals surface area contributed by atoms with Crippen LogP contribution in [0, 0.1) is 19.8 Å². The van der Waals surface area contributed by atoms with Crippen molar-refractivity contribution in [1.29, 1.82) is 0 Å². The second kappa shape index (κ2) is 11.4. The SMILES string of the molecule is Cc1ccc(Cn2nc(C)c(/C=C/C(=O)N3CCC(C(=O)NCc4ccccc4)CC3)c2Cl)cc1. The van der Waals surface area contributed by atoms with E-state index in [4.69, 9.17) is 11.6 Å². The Kier molecular flexibility index (Phi) is 8.03. The molecule has 7 heteroatoms. The number of piperidine rings is 1. The number of carbonyl (C=O) groups is 2. The number of carbonyl (C=O) groups excluding carboxylic acids is 2. The van der Waals surface area contributed by atoms with Crippen molar-refractivity contribution >= 4 is 29.5 Å². The second-order valence-electron chi connectivity index (χ2n) is 9.07. The van der Waals surface area contributed by atoms with Gasteiger partial charge in [-0.15, -0.1) is 0 Å². The topological polar surface area (TPSA) is 67.2 Å². The van der Waals surface area contributed by atoms with Gasteiger partial charge in [0, 0.05) is 37.2 Å². The fourth-order valence-electron chi connectivity index (χ4n) is 4.28. The van der Waals surface area contributed by atoms with Crippen LogP contribution < -0.4 is 5.32 Å². The second-order valence-corrected chi connectivity index (χ2v) is 9.43. The standard InChI is InChI=1S/C28H31ClN4O2/c1-20-8-10-23(11-9-20)19-33-27(29)25(21(2)31-33)12-13-26(34)32-16-14-24(15-17-32)28(35)30-18-22-6-4-3-5-7-22/h3-13,24H,14-19H2,1-2H3,(H,30,35)/b13-12+. The third-order valence-corrected chi connectivity index (χ3v) is 6.84. The van der Waals surface area contributed by atoms with E-state index in [2.05, 4.69) is 41.6 Å². The van der Waals surface area contributed by atoms with Crippen molar-refractivity contribution in [3.8, 4) is 0 Å². The van der Waals surface area contributed by atoms with E-state index in [1.54, 1.807) is 21.7 Å². The van der Waals surface area contributed by atoms with Crippen LogP contribution in [0.3, 0.4) is 0 Å². The summed E-state index contributed by atoms with van der Waals surface area (Å²) >= 11 is 6.59. The van der Waals surface area contributed by atoms with Crippen LogP contribution in [-0.2, 0) is 22.7 Å². The molecule has 1 N–H and O–H groups in total. The first kappa shape index (κ1) is 24.7. The summed E-state index contributed by atoms with van der Waals surface area (Å²) in [6.07, 6.45) is 4.63. The van der Waals surface area contributed by atoms with Gasteiger partial charge >= 0.3 is 0 Å². The first-order valence-corrected chi connectivity index (χ1v) is 12.4. The molecule has 3 aromatic rings. The maximum Gasteiger partial charge on any atom is 0.246 e. The molecule has 35 heavy (non-hydrogen) atoms. The molecule has 1 aliphatic heterocycles. The lowest BCUT2D eigenvalue weighted by Gasteiger charge is -2.30. The van der Waals surface area contributed by atoms with Gasteiger partial charge in [-0.25, -0.2) is 4.68 Å². The van der Waals surface area contributed by atoms with Gasteiger partial charge in [-0.05, 0) is 43.9 Å². The molecule has 2 amide bonds. The molecule has 2 aromatic carbocycles. The van der Waals surface area contributed by atoms with E-state index >= 15 is 0 Å². The van der Waals surface area contributed by atoms with Gasteiger partial charge in [0.2, 0.25) is 11.8 Å². The van der Waals surface area contributed by atoms with Crippen LogP contribution in [0.5, 0.6) is 0 Å². The minimum atomic E-state index is -0.0742. The lowest BCUT2D eigenvalue weighted by molar-refractivity contribution is -0.132. The molecule has 0 saturated carbocycles. The number of rotatable bonds is 7. The fraction of sp³-hybridized carbons (Fsp3) is 0.321. The number of hydrogen-bond acceptors (Lipinski definition) is 3. The molecule has 182 valence electrons. The zero-order valence-corrected chi connectivity index (χ0v) is 21.0. The first-order valence-electron chi connectivity index (χ1n) is 12.0. The van der Waals surface area contributed by atoms with Crippen LogP contribution in [0.15, 0.2) is 60.7 Å². The van der Waals surface area contributed by atoms with Gasteiger partial charge in [-0.2, -0.15) is 5.10 Å². The molecule has 0 radical (unpaired) electrons. The molecule has 2 heterocycles. The van der Waals surface area contributed by atoms with Crippen molar-refractivity contribution < 1.29 is 9.59 Å². The Morgan fingerprint density at radius 2 is 1.71 bits per heavy atom. The Balaban J connectivity index is 1.29. The van der Waals surface area contributed by atoms with Gasteiger partial charge in [0.15, 0.2) is 0 Å². The number of nitrogens with zero attached hydrogens (tertiary/aromatic N) is 3. The van der Waals surface area contributed by atoms with Gasteiger partial charge in [-0.3, -0.25) is 9.59 Å². The summed E-state index contributed by atoms with van der Waals surface area (Å²) < 4.78 is 1.76. The average Bonchev–Trinajstić information content (AvgIpc) is 3.14. The highest BCUT2D eigenvalue weighted by Gasteiger charge is 2.26. The van der Waals surface area contributed by atoms with Crippen molar-refractivity contribution in [3.05, 3.63) is 93.8 Å². The summed E-state index contributed by atoms with van der Waals surface area (Å²) in [7, 11) is 0. The number of benzene rings is 2. The van der Waals surface area contributed by atoms with E-state index in [0.717, 1.165) is 22.4 Å². The number of aryl methyl sites for hydroxylation is 2. The number of aromatic nitrogens is 2. The zero-order valence-electron chi connectivity index (χ0n) is 20.2. The lowest BCUT2D eigenvalue weighted by atomic mass is 9.95. The monoisotopic (exact) mass is 490 g/mol. The number of amides is 2. The molecule has 6 nitrogen and oxygen atoms in total. The third-order valence-electron chi connectivity index (χ3n) is 6.44. The van der Waals surface area contributed by atoms with Crippen molar-refractivity contribution in [2.45, 2.75) is 39.8 Å². The predicted octanol–water partition coefficient (Wildman–Crippen LogP) is 4.77. The molecule has 0 unspecified atom stereocenters. The number of halogens is 1. The zero-order chi connectivity index (χ0) is 24.8. The van der Waals surface area contributed by atoms with Crippen molar-refractivity contribution in [3.63, 3.8) is 0 Å². The van der Waals surface area contributed by atoms with Crippen LogP contribution in [0.25, 0.3) is 6.08 Å². The van der Waals surface area contributed by atoms with E-state index in [9.17, 15) is 9.59 Å². The van der Waals surface area contributed by atoms with Crippen LogP contribution >= 0.6 is 11.6 Å². The van der Waals surface area contributed by atoms with Crippen LogP contribution in [0.4, 0.5) is 0 Å². The van der Waals surface area contributed by atoms with E-state index in [-0.39, 0.29) is 17.7 Å². The third kappa shape index (κ3) is 6.40. The van der Waals surface area contributed by atoms with Crippen molar-refractivity contribution in [2.75, 3.05) is 13.1 Å². The number of hydrogen-bond donors (Lipinski definition) is 1. The van der Waals surface area contributed by atoms with Gasteiger partial charge in [0.25, 0.3) is 0 Å². The van der Waals surface area contributed by atoms with Crippen LogP contribution in [-0.4, -0.2) is 39.6 Å². The lowest BCUT2D eigenvalue weighted by Crippen LogP contribution is -2.42. The molecule has 0 aliphatic carbocycles. The Morgan fingerprint density at radius 1 is 1.03 bits per heavy atom. The van der Waals surface area contributed by atoms with Gasteiger partial charge < -0.3 is 10.2 Å². The highest BCUT2D eigenvalue weighted by molar-refractivity contribution is 6.31. The van der Waals surface area contributed by atoms with E-state index in [0.29, 0.717) is 44.2 Å². The molecule has 0 atom stereocenters. The Hall–Kier alpha value is -3.38. The first-order chi connectivity index (χ1) is 16.9. The molecule has 1 fully saturated rings. The van der Waals surface area contributed by atoms with Gasteiger partial charge in [0.05, 0.1) is 12.2 Å². The minimum absolute atomic E-state index is 0.0555. The summed E-state index contributed by atoms with van der Waals surface area (Å²) in [6, 6.07) is 18.1. The molecule has 0 spiro atoms. The summed E-state index contributed by atoms with van der Waals surface area (Å²) in [4.78, 5) is 27.1. The van der Waals surface area contributed by atoms with E-state index < -0.39 is 0 Å². The molecule has 4 rings (SSSR count). The highest BCUT2D eigenvalue weighted by Crippen LogP contribution is 2.23. The largest absolute Gasteiger partial charge is 0.352 e. The molecular weight excluding hydrogens is 460 g/mol. The van der Waals surface area contributed by atoms with E-state index in [1.807, 2.05) is 37.3 Å². The minimum Gasteiger partial charge on any atom is -0.352 e. The van der Waals surface area contributed by atoms with E-state index in [1.165, 1.54) is 5.56 Å². The molecule has 1 aromatic heterocycles. The van der Waals surface area contributed by atoms with Gasteiger partial charge in [0.1, 0.15) is 5.15 Å². The average molecular weight is 491 g/mol. The highest BCUT2D eigenvalue weighted by atomic mass is 35.5. The smallest absolute Gasteiger partial charge is 0.246 e. The Morgan fingerprint density at radius 3 is 2.40 bits per heavy atom. The molecule has 1 saturated heterocycles. The number of likely N-dealkylation sites (tertiary alicyclic amines) is 1.